The fourth-order valence-electron chi connectivity index (χ4n) is 2.48. The molecule has 1 heterocycles. The van der Waals surface area contributed by atoms with E-state index >= 15 is 0 Å². The minimum absolute atomic E-state index is 0.137. The van der Waals surface area contributed by atoms with Crippen molar-refractivity contribution in [2.24, 2.45) is 11.7 Å². The van der Waals surface area contributed by atoms with Crippen LogP contribution < -0.4 is 10.6 Å². The van der Waals surface area contributed by atoms with Crippen LogP contribution >= 0.6 is 0 Å². The molecule has 17 heavy (non-hydrogen) atoms. The molecule has 1 aromatic carbocycles. The van der Waals surface area contributed by atoms with Gasteiger partial charge in [-0.2, -0.15) is 0 Å². The Labute approximate surface area is 103 Å². The molecule has 0 saturated heterocycles. The molecule has 1 aliphatic rings. The number of benzene rings is 1. The van der Waals surface area contributed by atoms with Gasteiger partial charge in [0.25, 0.3) is 0 Å². The van der Waals surface area contributed by atoms with Crippen LogP contribution in [0.4, 0.5) is 10.1 Å². The third kappa shape index (κ3) is 2.78. The van der Waals surface area contributed by atoms with Gasteiger partial charge < -0.3 is 10.6 Å². The second-order valence-electron chi connectivity index (χ2n) is 4.81. The lowest BCUT2D eigenvalue weighted by molar-refractivity contribution is 0.480. The molecule has 2 rings (SSSR count). The van der Waals surface area contributed by atoms with Gasteiger partial charge in [0.2, 0.25) is 0 Å². The summed E-state index contributed by atoms with van der Waals surface area (Å²) in [4.78, 5) is 2.29. The predicted octanol–water partition coefficient (Wildman–Crippen LogP) is 2.56. The van der Waals surface area contributed by atoms with Crippen molar-refractivity contribution < 1.29 is 4.39 Å². The van der Waals surface area contributed by atoms with E-state index in [4.69, 9.17) is 5.73 Å². The van der Waals surface area contributed by atoms with Crippen LogP contribution in [0.1, 0.15) is 25.3 Å². The monoisotopic (exact) mass is 236 g/mol. The summed E-state index contributed by atoms with van der Waals surface area (Å²) in [5.41, 5.74) is 8.06. The molecule has 0 saturated carbocycles. The number of rotatable bonds is 5. The normalized spacial score (nSPS) is 16.1. The highest BCUT2D eigenvalue weighted by Crippen LogP contribution is 2.29. The van der Waals surface area contributed by atoms with Crippen molar-refractivity contribution in [2.45, 2.75) is 26.2 Å². The Morgan fingerprint density at radius 2 is 2.29 bits per heavy atom. The first-order chi connectivity index (χ1) is 8.24. The minimum atomic E-state index is -0.137. The standard InChI is InChI=1S/C14H21FN2/c1-2-11(10-16)5-7-17-8-6-12-3-4-13(15)9-14(12)17/h3-4,9,11H,2,5-8,10,16H2,1H3. The number of nitrogens with two attached hydrogens (primary N) is 1. The number of hydrogen-bond donors (Lipinski definition) is 1. The Morgan fingerprint density at radius 3 is 3.00 bits per heavy atom. The van der Waals surface area contributed by atoms with E-state index in [0.717, 1.165) is 44.6 Å². The zero-order chi connectivity index (χ0) is 12.3. The van der Waals surface area contributed by atoms with Gasteiger partial charge in [0.15, 0.2) is 0 Å². The molecule has 2 nitrogen and oxygen atoms in total. The van der Waals surface area contributed by atoms with Gasteiger partial charge in [-0.25, -0.2) is 4.39 Å². The van der Waals surface area contributed by atoms with Crippen LogP contribution in [-0.2, 0) is 6.42 Å². The third-order valence-electron chi connectivity index (χ3n) is 3.76. The van der Waals surface area contributed by atoms with Crippen LogP contribution in [-0.4, -0.2) is 19.6 Å². The molecule has 0 aliphatic carbocycles. The molecule has 3 heteroatoms. The van der Waals surface area contributed by atoms with Crippen molar-refractivity contribution in [3.05, 3.63) is 29.6 Å². The Balaban J connectivity index is 1.99. The van der Waals surface area contributed by atoms with E-state index in [1.54, 1.807) is 12.1 Å². The van der Waals surface area contributed by atoms with Gasteiger partial charge in [0.1, 0.15) is 5.82 Å². The van der Waals surface area contributed by atoms with Crippen molar-refractivity contribution in [1.29, 1.82) is 0 Å². The van der Waals surface area contributed by atoms with E-state index in [-0.39, 0.29) is 5.82 Å². The Kier molecular flexibility index (Phi) is 4.00. The second-order valence-corrected chi connectivity index (χ2v) is 4.81. The van der Waals surface area contributed by atoms with Crippen LogP contribution in [0.15, 0.2) is 18.2 Å². The minimum Gasteiger partial charge on any atom is -0.371 e. The van der Waals surface area contributed by atoms with Crippen molar-refractivity contribution in [1.82, 2.24) is 0 Å². The van der Waals surface area contributed by atoms with Crippen LogP contribution in [0.25, 0.3) is 0 Å². The zero-order valence-electron chi connectivity index (χ0n) is 10.5. The fraction of sp³-hybridized carbons (Fsp3) is 0.571. The quantitative estimate of drug-likeness (QED) is 0.851. The SMILES string of the molecule is CCC(CN)CCN1CCc2ccc(F)cc21. The van der Waals surface area contributed by atoms with Crippen LogP contribution in [0.3, 0.4) is 0 Å². The summed E-state index contributed by atoms with van der Waals surface area (Å²) >= 11 is 0. The Hall–Kier alpha value is -1.09. The average Bonchev–Trinajstić information content (AvgIpc) is 2.73. The van der Waals surface area contributed by atoms with E-state index in [1.807, 2.05) is 6.07 Å². The molecule has 0 amide bonds. The highest BCUT2D eigenvalue weighted by Gasteiger charge is 2.19. The largest absolute Gasteiger partial charge is 0.371 e. The number of halogens is 1. The van der Waals surface area contributed by atoms with Gasteiger partial charge in [-0.05, 0) is 43.0 Å². The van der Waals surface area contributed by atoms with Crippen molar-refractivity contribution in [2.75, 3.05) is 24.5 Å². The summed E-state index contributed by atoms with van der Waals surface area (Å²) in [5.74, 6) is 0.453. The van der Waals surface area contributed by atoms with Crippen LogP contribution in [0, 0.1) is 11.7 Å². The molecule has 1 unspecified atom stereocenters. The van der Waals surface area contributed by atoms with Crippen molar-refractivity contribution in [3.63, 3.8) is 0 Å². The smallest absolute Gasteiger partial charge is 0.125 e. The second kappa shape index (κ2) is 5.50. The summed E-state index contributed by atoms with van der Waals surface area (Å²) in [7, 11) is 0. The predicted molar refractivity (Wildman–Crippen MR) is 69.8 cm³/mol. The number of nitrogens with zero attached hydrogens (tertiary/aromatic N) is 1. The summed E-state index contributed by atoms with van der Waals surface area (Å²) in [6.45, 7) is 4.93. The molecule has 1 aliphatic heterocycles. The summed E-state index contributed by atoms with van der Waals surface area (Å²) in [5, 5.41) is 0. The molecule has 1 aromatic rings. The first kappa shape index (κ1) is 12.4. The maximum atomic E-state index is 13.2. The van der Waals surface area contributed by atoms with Gasteiger partial charge in [0.05, 0.1) is 0 Å². The molecular formula is C14H21FN2. The molecule has 0 spiro atoms. The summed E-state index contributed by atoms with van der Waals surface area (Å²) < 4.78 is 13.2. The zero-order valence-corrected chi connectivity index (χ0v) is 10.5. The number of hydrogen-bond acceptors (Lipinski definition) is 2. The van der Waals surface area contributed by atoms with Crippen molar-refractivity contribution >= 4 is 5.69 Å². The lowest BCUT2D eigenvalue weighted by Gasteiger charge is -2.22. The lowest BCUT2D eigenvalue weighted by atomic mass is 10.0. The highest BCUT2D eigenvalue weighted by molar-refractivity contribution is 5.58. The van der Waals surface area contributed by atoms with E-state index in [1.165, 1.54) is 5.56 Å². The van der Waals surface area contributed by atoms with E-state index in [2.05, 4.69) is 11.8 Å². The van der Waals surface area contributed by atoms with E-state index in [0.29, 0.717) is 5.92 Å². The first-order valence-corrected chi connectivity index (χ1v) is 6.48. The summed E-state index contributed by atoms with van der Waals surface area (Å²) in [6, 6.07) is 5.12. The lowest BCUT2D eigenvalue weighted by Crippen LogP contribution is -2.26. The summed E-state index contributed by atoms with van der Waals surface area (Å²) in [6.07, 6.45) is 3.26. The van der Waals surface area contributed by atoms with Crippen LogP contribution in [0.5, 0.6) is 0 Å². The van der Waals surface area contributed by atoms with E-state index in [9.17, 15) is 4.39 Å². The highest BCUT2D eigenvalue weighted by atomic mass is 19.1. The fourth-order valence-corrected chi connectivity index (χ4v) is 2.48. The topological polar surface area (TPSA) is 29.3 Å². The van der Waals surface area contributed by atoms with Gasteiger partial charge in [0, 0.05) is 18.8 Å². The van der Waals surface area contributed by atoms with Gasteiger partial charge in [-0.15, -0.1) is 0 Å². The van der Waals surface area contributed by atoms with Gasteiger partial charge in [-0.3, -0.25) is 0 Å². The van der Waals surface area contributed by atoms with Crippen LogP contribution in [0.2, 0.25) is 0 Å². The first-order valence-electron chi connectivity index (χ1n) is 6.48. The maximum absolute atomic E-state index is 13.2. The average molecular weight is 236 g/mol. The molecular weight excluding hydrogens is 215 g/mol. The molecule has 94 valence electrons. The molecule has 0 bridgehead atoms. The molecule has 0 fully saturated rings. The van der Waals surface area contributed by atoms with Crippen molar-refractivity contribution in [3.8, 4) is 0 Å². The third-order valence-corrected chi connectivity index (χ3v) is 3.76. The maximum Gasteiger partial charge on any atom is 0.125 e. The molecule has 2 N–H and O–H groups in total. The number of fused-ring (bicyclic) bond motifs is 1. The molecule has 0 aromatic heterocycles. The van der Waals surface area contributed by atoms with Gasteiger partial charge >= 0.3 is 0 Å². The molecule has 1 atom stereocenters. The Morgan fingerprint density at radius 1 is 1.47 bits per heavy atom. The Bertz CT molecular complexity index is 374. The molecule has 0 radical (unpaired) electrons. The van der Waals surface area contributed by atoms with E-state index < -0.39 is 0 Å². The van der Waals surface area contributed by atoms with Gasteiger partial charge in [-0.1, -0.05) is 19.4 Å². The number of anilines is 1.